The summed E-state index contributed by atoms with van der Waals surface area (Å²) in [5.41, 5.74) is 5.25. The molecule has 0 atom stereocenters. The van der Waals surface area contributed by atoms with Gasteiger partial charge in [0.15, 0.2) is 0 Å². The smallest absolute Gasteiger partial charge is 0.271 e. The van der Waals surface area contributed by atoms with Crippen LogP contribution in [0.4, 0.5) is 5.69 Å². The highest BCUT2D eigenvalue weighted by molar-refractivity contribution is 5.95. The summed E-state index contributed by atoms with van der Waals surface area (Å²) in [4.78, 5) is 14.5. The standard InChI is InChI=1S/C20H23N3O2/c1-25-19-7-5-6-17(14-19)20(24)22-21-15-16-8-10-18(11-9-16)23-12-3-2-4-13-23/h5-11,14-15H,2-4,12-13H2,1H3,(H,22,24)/b21-15-. The van der Waals surface area contributed by atoms with Gasteiger partial charge >= 0.3 is 0 Å². The van der Waals surface area contributed by atoms with Gasteiger partial charge in [0.1, 0.15) is 5.75 Å². The summed E-state index contributed by atoms with van der Waals surface area (Å²) >= 11 is 0. The lowest BCUT2D eigenvalue weighted by Crippen LogP contribution is -2.29. The fourth-order valence-corrected chi connectivity index (χ4v) is 2.92. The normalized spacial score (nSPS) is 14.5. The molecule has 25 heavy (non-hydrogen) atoms. The number of hydrazone groups is 1. The van der Waals surface area contributed by atoms with Gasteiger partial charge in [0.2, 0.25) is 0 Å². The van der Waals surface area contributed by atoms with E-state index in [0.29, 0.717) is 11.3 Å². The first kappa shape index (κ1) is 17.0. The van der Waals surface area contributed by atoms with E-state index in [1.165, 1.54) is 24.9 Å². The van der Waals surface area contributed by atoms with E-state index in [2.05, 4.69) is 27.6 Å². The monoisotopic (exact) mass is 337 g/mol. The number of carbonyl (C=O) groups excluding carboxylic acids is 1. The molecule has 3 rings (SSSR count). The maximum absolute atomic E-state index is 12.1. The molecule has 2 aromatic carbocycles. The molecule has 0 saturated carbocycles. The number of rotatable bonds is 5. The van der Waals surface area contributed by atoms with Gasteiger partial charge in [0.25, 0.3) is 5.91 Å². The van der Waals surface area contributed by atoms with Gasteiger partial charge in [-0.05, 0) is 55.2 Å². The van der Waals surface area contributed by atoms with Crippen LogP contribution in [-0.2, 0) is 0 Å². The minimum atomic E-state index is -0.264. The fourth-order valence-electron chi connectivity index (χ4n) is 2.92. The van der Waals surface area contributed by atoms with Crippen molar-refractivity contribution in [3.8, 4) is 5.75 Å². The molecular formula is C20H23N3O2. The Balaban J connectivity index is 1.57. The minimum absolute atomic E-state index is 0.264. The first-order valence-corrected chi connectivity index (χ1v) is 8.59. The van der Waals surface area contributed by atoms with E-state index in [4.69, 9.17) is 4.74 Å². The van der Waals surface area contributed by atoms with Crippen LogP contribution in [0.25, 0.3) is 0 Å². The molecule has 0 unspecified atom stereocenters. The number of amides is 1. The van der Waals surface area contributed by atoms with Crippen molar-refractivity contribution in [2.75, 3.05) is 25.1 Å². The van der Waals surface area contributed by atoms with Crippen molar-refractivity contribution in [3.63, 3.8) is 0 Å². The van der Waals surface area contributed by atoms with Crippen LogP contribution in [0.1, 0.15) is 35.2 Å². The molecule has 1 fully saturated rings. The maximum Gasteiger partial charge on any atom is 0.271 e. The molecule has 1 aliphatic heterocycles. The summed E-state index contributed by atoms with van der Waals surface area (Å²) in [5, 5.41) is 4.04. The number of nitrogens with one attached hydrogen (secondary N) is 1. The number of benzene rings is 2. The zero-order valence-corrected chi connectivity index (χ0v) is 14.4. The van der Waals surface area contributed by atoms with Gasteiger partial charge in [-0.1, -0.05) is 18.2 Å². The Hall–Kier alpha value is -2.82. The molecule has 130 valence electrons. The maximum atomic E-state index is 12.1. The molecule has 0 aliphatic carbocycles. The predicted octanol–water partition coefficient (Wildman–Crippen LogP) is 3.45. The van der Waals surface area contributed by atoms with Gasteiger partial charge < -0.3 is 9.64 Å². The van der Waals surface area contributed by atoms with Gasteiger partial charge in [-0.25, -0.2) is 5.43 Å². The molecule has 0 bridgehead atoms. The lowest BCUT2D eigenvalue weighted by atomic mass is 10.1. The lowest BCUT2D eigenvalue weighted by Gasteiger charge is -2.28. The molecule has 0 spiro atoms. The van der Waals surface area contributed by atoms with Crippen LogP contribution in [0.2, 0.25) is 0 Å². The number of hydrogen-bond acceptors (Lipinski definition) is 4. The van der Waals surface area contributed by atoms with Crippen LogP contribution in [-0.4, -0.2) is 32.3 Å². The third-order valence-corrected chi connectivity index (χ3v) is 4.33. The van der Waals surface area contributed by atoms with Gasteiger partial charge in [-0.2, -0.15) is 5.10 Å². The Kier molecular flexibility index (Phi) is 5.67. The number of hydrogen-bond donors (Lipinski definition) is 1. The molecular weight excluding hydrogens is 314 g/mol. The second-order valence-corrected chi connectivity index (χ2v) is 6.07. The molecule has 1 amide bonds. The van der Waals surface area contributed by atoms with Gasteiger partial charge in [0, 0.05) is 24.3 Å². The zero-order chi connectivity index (χ0) is 17.5. The quantitative estimate of drug-likeness (QED) is 0.671. The van der Waals surface area contributed by atoms with E-state index in [9.17, 15) is 4.79 Å². The van der Waals surface area contributed by atoms with Gasteiger partial charge in [-0.15, -0.1) is 0 Å². The summed E-state index contributed by atoms with van der Waals surface area (Å²) in [6.07, 6.45) is 5.51. The molecule has 2 aromatic rings. The third kappa shape index (κ3) is 4.59. The predicted molar refractivity (Wildman–Crippen MR) is 101 cm³/mol. The van der Waals surface area contributed by atoms with Crippen molar-refractivity contribution >= 4 is 17.8 Å². The summed E-state index contributed by atoms with van der Waals surface area (Å²) in [7, 11) is 1.57. The Bertz CT molecular complexity index is 735. The average Bonchev–Trinajstić information content (AvgIpc) is 2.69. The Morgan fingerprint density at radius 3 is 2.60 bits per heavy atom. The average molecular weight is 337 g/mol. The molecule has 1 heterocycles. The van der Waals surface area contributed by atoms with Crippen molar-refractivity contribution in [2.45, 2.75) is 19.3 Å². The Labute approximate surface area is 148 Å². The van der Waals surface area contributed by atoms with Crippen molar-refractivity contribution in [1.29, 1.82) is 0 Å². The number of anilines is 1. The largest absolute Gasteiger partial charge is 0.497 e. The van der Waals surface area contributed by atoms with Crippen LogP contribution in [0.3, 0.4) is 0 Å². The number of carbonyl (C=O) groups is 1. The Morgan fingerprint density at radius 1 is 1.12 bits per heavy atom. The Morgan fingerprint density at radius 2 is 1.88 bits per heavy atom. The number of ether oxygens (including phenoxy) is 1. The van der Waals surface area contributed by atoms with E-state index < -0.39 is 0 Å². The van der Waals surface area contributed by atoms with Crippen LogP contribution < -0.4 is 15.1 Å². The number of nitrogens with zero attached hydrogens (tertiary/aromatic N) is 2. The van der Waals surface area contributed by atoms with E-state index in [0.717, 1.165) is 18.7 Å². The highest BCUT2D eigenvalue weighted by atomic mass is 16.5. The van der Waals surface area contributed by atoms with Gasteiger partial charge in [-0.3, -0.25) is 4.79 Å². The van der Waals surface area contributed by atoms with E-state index >= 15 is 0 Å². The van der Waals surface area contributed by atoms with E-state index in [1.54, 1.807) is 37.6 Å². The van der Waals surface area contributed by atoms with Crippen molar-refractivity contribution in [3.05, 3.63) is 59.7 Å². The first-order valence-electron chi connectivity index (χ1n) is 8.59. The van der Waals surface area contributed by atoms with Crippen LogP contribution in [0, 0.1) is 0 Å². The summed E-state index contributed by atoms with van der Waals surface area (Å²) in [6.45, 7) is 2.26. The number of piperidine rings is 1. The third-order valence-electron chi connectivity index (χ3n) is 4.33. The van der Waals surface area contributed by atoms with E-state index in [1.807, 2.05) is 12.1 Å². The summed E-state index contributed by atoms with van der Waals surface area (Å²) < 4.78 is 5.12. The molecule has 5 nitrogen and oxygen atoms in total. The second kappa shape index (κ2) is 8.33. The zero-order valence-electron chi connectivity index (χ0n) is 14.4. The highest BCUT2D eigenvalue weighted by Crippen LogP contribution is 2.19. The molecule has 0 aromatic heterocycles. The van der Waals surface area contributed by atoms with Crippen LogP contribution in [0.15, 0.2) is 53.6 Å². The SMILES string of the molecule is COc1cccc(C(=O)N/N=C\c2ccc(N3CCCCC3)cc2)c1. The van der Waals surface area contributed by atoms with Crippen LogP contribution in [0.5, 0.6) is 5.75 Å². The lowest BCUT2D eigenvalue weighted by molar-refractivity contribution is 0.0955. The number of methoxy groups -OCH3 is 1. The van der Waals surface area contributed by atoms with Crippen LogP contribution >= 0.6 is 0 Å². The molecule has 1 N–H and O–H groups in total. The van der Waals surface area contributed by atoms with Crippen molar-refractivity contribution < 1.29 is 9.53 Å². The molecule has 0 radical (unpaired) electrons. The minimum Gasteiger partial charge on any atom is -0.497 e. The molecule has 1 saturated heterocycles. The summed E-state index contributed by atoms with van der Waals surface area (Å²) in [5.74, 6) is 0.380. The first-order chi connectivity index (χ1) is 12.3. The molecule has 5 heteroatoms. The fraction of sp³-hybridized carbons (Fsp3) is 0.300. The van der Waals surface area contributed by atoms with E-state index in [-0.39, 0.29) is 5.91 Å². The topological polar surface area (TPSA) is 53.9 Å². The summed E-state index contributed by atoms with van der Waals surface area (Å²) in [6, 6.07) is 15.2. The van der Waals surface area contributed by atoms with Crippen molar-refractivity contribution in [2.24, 2.45) is 5.10 Å². The second-order valence-electron chi connectivity index (χ2n) is 6.07. The van der Waals surface area contributed by atoms with Crippen molar-refractivity contribution in [1.82, 2.24) is 5.43 Å². The molecule has 1 aliphatic rings. The highest BCUT2D eigenvalue weighted by Gasteiger charge is 2.10. The van der Waals surface area contributed by atoms with Gasteiger partial charge in [0.05, 0.1) is 13.3 Å².